The van der Waals surface area contributed by atoms with Crippen LogP contribution in [0.1, 0.15) is 11.1 Å². The molecule has 7 N–H and O–H groups in total. The van der Waals surface area contributed by atoms with Crippen LogP contribution in [-0.2, 0) is 16.0 Å². The van der Waals surface area contributed by atoms with Crippen molar-refractivity contribution in [3.8, 4) is 0 Å². The van der Waals surface area contributed by atoms with Crippen LogP contribution in [0.25, 0.3) is 6.08 Å². The predicted molar refractivity (Wildman–Crippen MR) is 104 cm³/mol. The summed E-state index contributed by atoms with van der Waals surface area (Å²) in [5.74, 6) is -1.29. The minimum Gasteiger partial charge on any atom is -0.399 e. The van der Waals surface area contributed by atoms with E-state index in [0.717, 1.165) is 11.1 Å². The standard InChI is InChI=1S/C19H21N5O2/c20-15-6-1-13(2-7-15)5-10-17(25)18(26)24-16-8-3-14(4-9-16)11-12-23-19(21)22/h1-10H,11-12,20H2,(H,24,26)(H4,21,22,23)/b10-5+. The van der Waals surface area contributed by atoms with Gasteiger partial charge in [0, 0.05) is 17.9 Å². The van der Waals surface area contributed by atoms with Gasteiger partial charge in [-0.1, -0.05) is 30.3 Å². The number of ketones is 1. The van der Waals surface area contributed by atoms with Gasteiger partial charge in [0.1, 0.15) is 0 Å². The summed E-state index contributed by atoms with van der Waals surface area (Å²) in [6.07, 6.45) is 3.47. The quantitative estimate of drug-likeness (QED) is 0.196. The Morgan fingerprint density at radius 3 is 2.27 bits per heavy atom. The monoisotopic (exact) mass is 351 g/mol. The summed E-state index contributed by atoms with van der Waals surface area (Å²) in [4.78, 5) is 27.7. The third-order valence-electron chi connectivity index (χ3n) is 3.49. The molecule has 7 heteroatoms. The van der Waals surface area contributed by atoms with Crippen molar-refractivity contribution in [1.29, 1.82) is 0 Å². The van der Waals surface area contributed by atoms with E-state index >= 15 is 0 Å². The molecular formula is C19H21N5O2. The normalized spacial score (nSPS) is 10.5. The van der Waals surface area contributed by atoms with Gasteiger partial charge in [0.2, 0.25) is 5.78 Å². The van der Waals surface area contributed by atoms with Crippen molar-refractivity contribution >= 4 is 35.1 Å². The Morgan fingerprint density at radius 2 is 1.65 bits per heavy atom. The summed E-state index contributed by atoms with van der Waals surface area (Å²) < 4.78 is 0. The third kappa shape index (κ3) is 6.12. The second-order valence-electron chi connectivity index (χ2n) is 5.57. The van der Waals surface area contributed by atoms with Crippen molar-refractivity contribution in [1.82, 2.24) is 0 Å². The van der Waals surface area contributed by atoms with Gasteiger partial charge in [0.25, 0.3) is 5.91 Å². The van der Waals surface area contributed by atoms with Crippen molar-refractivity contribution in [2.24, 2.45) is 16.5 Å². The van der Waals surface area contributed by atoms with Crippen LogP contribution in [0.2, 0.25) is 0 Å². The molecule has 0 heterocycles. The van der Waals surface area contributed by atoms with Crippen molar-refractivity contribution in [2.75, 3.05) is 17.6 Å². The number of carbonyl (C=O) groups is 2. The third-order valence-corrected chi connectivity index (χ3v) is 3.49. The molecule has 0 radical (unpaired) electrons. The topological polar surface area (TPSA) is 137 Å². The first-order chi connectivity index (χ1) is 12.4. The number of hydrogen-bond donors (Lipinski definition) is 4. The minimum absolute atomic E-state index is 0.0550. The van der Waals surface area contributed by atoms with Crippen LogP contribution in [0.15, 0.2) is 59.6 Å². The zero-order valence-electron chi connectivity index (χ0n) is 14.2. The maximum absolute atomic E-state index is 11.9. The van der Waals surface area contributed by atoms with E-state index in [2.05, 4.69) is 10.3 Å². The molecule has 2 aromatic carbocycles. The van der Waals surface area contributed by atoms with E-state index in [9.17, 15) is 9.59 Å². The molecule has 0 aliphatic rings. The lowest BCUT2D eigenvalue weighted by molar-refractivity contribution is -0.131. The van der Waals surface area contributed by atoms with Crippen LogP contribution in [0.5, 0.6) is 0 Å². The van der Waals surface area contributed by atoms with Crippen molar-refractivity contribution < 1.29 is 9.59 Å². The molecule has 0 bridgehead atoms. The predicted octanol–water partition coefficient (Wildman–Crippen LogP) is 1.31. The Labute approximate surface area is 151 Å². The lowest BCUT2D eigenvalue weighted by Crippen LogP contribution is -2.23. The Hall–Kier alpha value is -3.61. The molecule has 134 valence electrons. The molecule has 0 saturated carbocycles. The maximum atomic E-state index is 11.9. The second-order valence-corrected chi connectivity index (χ2v) is 5.57. The number of carbonyl (C=O) groups excluding carboxylic acids is 2. The average Bonchev–Trinajstić information content (AvgIpc) is 2.62. The number of nitrogens with zero attached hydrogens (tertiary/aromatic N) is 1. The molecule has 0 spiro atoms. The largest absolute Gasteiger partial charge is 0.399 e. The lowest BCUT2D eigenvalue weighted by atomic mass is 10.1. The van der Waals surface area contributed by atoms with E-state index in [1.165, 1.54) is 6.08 Å². The van der Waals surface area contributed by atoms with E-state index in [1.807, 2.05) is 12.1 Å². The van der Waals surface area contributed by atoms with Gasteiger partial charge >= 0.3 is 0 Å². The molecule has 2 aromatic rings. The molecular weight excluding hydrogens is 330 g/mol. The van der Waals surface area contributed by atoms with Gasteiger partial charge in [0.05, 0.1) is 0 Å². The average molecular weight is 351 g/mol. The lowest BCUT2D eigenvalue weighted by Gasteiger charge is -2.04. The van der Waals surface area contributed by atoms with Crippen molar-refractivity contribution in [2.45, 2.75) is 6.42 Å². The number of nitrogens with one attached hydrogen (secondary N) is 1. The number of amides is 1. The molecule has 0 fully saturated rings. The van der Waals surface area contributed by atoms with Crippen LogP contribution < -0.4 is 22.5 Å². The SMILES string of the molecule is NC(N)=NCCc1ccc(NC(=O)C(=O)/C=C/c2ccc(N)cc2)cc1. The highest BCUT2D eigenvalue weighted by Crippen LogP contribution is 2.11. The highest BCUT2D eigenvalue weighted by Gasteiger charge is 2.10. The number of nitrogen functional groups attached to an aromatic ring is 1. The second kappa shape index (κ2) is 9.03. The molecule has 0 aromatic heterocycles. The molecule has 7 nitrogen and oxygen atoms in total. The van der Waals surface area contributed by atoms with Crippen LogP contribution in [0.3, 0.4) is 0 Å². The first kappa shape index (κ1) is 18.7. The number of nitrogens with two attached hydrogens (primary N) is 3. The molecule has 0 aliphatic heterocycles. The first-order valence-electron chi connectivity index (χ1n) is 7.97. The van der Waals surface area contributed by atoms with Gasteiger partial charge in [-0.2, -0.15) is 0 Å². The number of hydrogen-bond acceptors (Lipinski definition) is 4. The number of anilines is 2. The van der Waals surface area contributed by atoms with Gasteiger partial charge in [-0.3, -0.25) is 14.6 Å². The zero-order chi connectivity index (χ0) is 18.9. The van der Waals surface area contributed by atoms with Crippen LogP contribution >= 0.6 is 0 Å². The van der Waals surface area contributed by atoms with Crippen molar-refractivity contribution in [3.63, 3.8) is 0 Å². The summed E-state index contributed by atoms with van der Waals surface area (Å²) in [5.41, 5.74) is 19.1. The summed E-state index contributed by atoms with van der Waals surface area (Å²) in [6.45, 7) is 0.489. The van der Waals surface area contributed by atoms with E-state index in [1.54, 1.807) is 42.5 Å². The smallest absolute Gasteiger partial charge is 0.296 e. The molecule has 2 rings (SSSR count). The zero-order valence-corrected chi connectivity index (χ0v) is 14.2. The van der Waals surface area contributed by atoms with Gasteiger partial charge < -0.3 is 22.5 Å². The summed E-state index contributed by atoms with van der Waals surface area (Å²) >= 11 is 0. The number of rotatable bonds is 7. The van der Waals surface area contributed by atoms with E-state index in [-0.39, 0.29) is 5.96 Å². The van der Waals surface area contributed by atoms with Crippen LogP contribution in [0.4, 0.5) is 11.4 Å². The highest BCUT2D eigenvalue weighted by atomic mass is 16.2. The molecule has 0 atom stereocenters. The Balaban J connectivity index is 1.89. The molecule has 0 unspecified atom stereocenters. The number of guanidine groups is 1. The van der Waals surface area contributed by atoms with E-state index in [4.69, 9.17) is 17.2 Å². The van der Waals surface area contributed by atoms with Gasteiger partial charge in [0.15, 0.2) is 5.96 Å². The first-order valence-corrected chi connectivity index (χ1v) is 7.97. The van der Waals surface area contributed by atoms with Gasteiger partial charge in [-0.25, -0.2) is 0 Å². The summed E-state index contributed by atoms with van der Waals surface area (Å²) in [7, 11) is 0. The molecule has 0 saturated heterocycles. The highest BCUT2D eigenvalue weighted by molar-refractivity contribution is 6.45. The number of benzene rings is 2. The molecule has 1 amide bonds. The fraction of sp³-hybridized carbons (Fsp3) is 0.105. The van der Waals surface area contributed by atoms with Crippen LogP contribution in [-0.4, -0.2) is 24.2 Å². The fourth-order valence-corrected chi connectivity index (χ4v) is 2.12. The van der Waals surface area contributed by atoms with Gasteiger partial charge in [-0.15, -0.1) is 0 Å². The van der Waals surface area contributed by atoms with Crippen LogP contribution in [0, 0.1) is 0 Å². The van der Waals surface area contributed by atoms with E-state index < -0.39 is 11.7 Å². The maximum Gasteiger partial charge on any atom is 0.296 e. The Kier molecular flexibility index (Phi) is 6.50. The minimum atomic E-state index is -0.704. The Bertz CT molecular complexity index is 820. The van der Waals surface area contributed by atoms with E-state index in [0.29, 0.717) is 24.3 Å². The Morgan fingerprint density at radius 1 is 1.00 bits per heavy atom. The molecule has 26 heavy (non-hydrogen) atoms. The van der Waals surface area contributed by atoms with Gasteiger partial charge in [-0.05, 0) is 47.9 Å². The summed E-state index contributed by atoms with van der Waals surface area (Å²) in [6, 6.07) is 14.1. The molecule has 0 aliphatic carbocycles. The summed E-state index contributed by atoms with van der Waals surface area (Å²) in [5, 5.41) is 2.56. The number of aliphatic imine (C=N–C) groups is 1. The van der Waals surface area contributed by atoms with Crippen molar-refractivity contribution in [3.05, 3.63) is 65.7 Å². The fourth-order valence-electron chi connectivity index (χ4n) is 2.12.